The van der Waals surface area contributed by atoms with Crippen LogP contribution in [0.4, 0.5) is 0 Å². The normalized spacial score (nSPS) is 10.9. The van der Waals surface area contributed by atoms with Gasteiger partial charge in [-0.1, -0.05) is 0 Å². The minimum atomic E-state index is 0.184. The number of nitrogens with one attached hydrogen (secondary N) is 1. The topological polar surface area (TPSA) is 63.9 Å². The highest BCUT2D eigenvalue weighted by Gasteiger charge is 2.07. The Kier molecular flexibility index (Phi) is 3.67. The summed E-state index contributed by atoms with van der Waals surface area (Å²) in [6.45, 7) is 6.56. The summed E-state index contributed by atoms with van der Waals surface area (Å²) in [6.07, 6.45) is 0.184. The standard InChI is InChI=1S/C14H19N3O/c1-9(2)18-14-5-4-11(6-10(14)3)13-7-12(8-15)16-17-13/h4-7,9H,8,15H2,1-3H3,(H,16,17). The van der Waals surface area contributed by atoms with Crippen LogP contribution in [0, 0.1) is 6.92 Å². The number of nitrogens with two attached hydrogens (primary N) is 1. The first kappa shape index (κ1) is 12.6. The molecular weight excluding hydrogens is 226 g/mol. The molecule has 2 rings (SSSR count). The fraction of sp³-hybridized carbons (Fsp3) is 0.357. The van der Waals surface area contributed by atoms with Crippen LogP contribution in [0.3, 0.4) is 0 Å². The van der Waals surface area contributed by atoms with E-state index in [4.69, 9.17) is 10.5 Å². The third kappa shape index (κ3) is 2.71. The lowest BCUT2D eigenvalue weighted by Crippen LogP contribution is -2.06. The van der Waals surface area contributed by atoms with Crippen LogP contribution in [0.1, 0.15) is 25.1 Å². The molecule has 0 atom stereocenters. The van der Waals surface area contributed by atoms with Crippen molar-refractivity contribution in [3.05, 3.63) is 35.5 Å². The Hall–Kier alpha value is -1.81. The zero-order chi connectivity index (χ0) is 13.1. The van der Waals surface area contributed by atoms with Crippen LogP contribution in [0.25, 0.3) is 11.3 Å². The molecule has 0 fully saturated rings. The molecule has 0 aliphatic carbocycles. The maximum Gasteiger partial charge on any atom is 0.122 e. The minimum Gasteiger partial charge on any atom is -0.491 e. The molecule has 4 heteroatoms. The lowest BCUT2D eigenvalue weighted by Gasteiger charge is -2.12. The van der Waals surface area contributed by atoms with Gasteiger partial charge in [0.2, 0.25) is 0 Å². The van der Waals surface area contributed by atoms with Crippen molar-refractivity contribution >= 4 is 0 Å². The third-order valence-electron chi connectivity index (χ3n) is 2.68. The number of ether oxygens (including phenoxy) is 1. The summed E-state index contributed by atoms with van der Waals surface area (Å²) in [5, 5.41) is 7.16. The Balaban J connectivity index is 2.28. The van der Waals surface area contributed by atoms with E-state index in [0.717, 1.165) is 28.3 Å². The average molecular weight is 245 g/mol. The average Bonchev–Trinajstić information content (AvgIpc) is 2.80. The fourth-order valence-corrected chi connectivity index (χ4v) is 1.81. The molecule has 0 amide bonds. The molecule has 18 heavy (non-hydrogen) atoms. The van der Waals surface area contributed by atoms with Crippen molar-refractivity contribution in [2.45, 2.75) is 33.4 Å². The highest BCUT2D eigenvalue weighted by atomic mass is 16.5. The van der Waals surface area contributed by atoms with E-state index in [0.29, 0.717) is 6.54 Å². The van der Waals surface area contributed by atoms with Crippen LogP contribution in [0.2, 0.25) is 0 Å². The summed E-state index contributed by atoms with van der Waals surface area (Å²) in [6, 6.07) is 8.05. The summed E-state index contributed by atoms with van der Waals surface area (Å²) in [5.41, 5.74) is 9.58. The van der Waals surface area contributed by atoms with E-state index in [1.165, 1.54) is 0 Å². The number of aryl methyl sites for hydroxylation is 1. The number of hydrogen-bond acceptors (Lipinski definition) is 3. The maximum absolute atomic E-state index is 5.71. The molecule has 4 nitrogen and oxygen atoms in total. The number of hydrogen-bond donors (Lipinski definition) is 2. The largest absolute Gasteiger partial charge is 0.491 e. The third-order valence-corrected chi connectivity index (χ3v) is 2.68. The fourth-order valence-electron chi connectivity index (χ4n) is 1.81. The minimum absolute atomic E-state index is 0.184. The summed E-state index contributed by atoms with van der Waals surface area (Å²) >= 11 is 0. The van der Waals surface area contributed by atoms with E-state index in [1.807, 2.05) is 39.0 Å². The van der Waals surface area contributed by atoms with Crippen LogP contribution < -0.4 is 10.5 Å². The molecule has 1 aromatic carbocycles. The van der Waals surface area contributed by atoms with E-state index in [9.17, 15) is 0 Å². The molecule has 1 heterocycles. The zero-order valence-corrected chi connectivity index (χ0v) is 11.0. The molecule has 0 unspecified atom stereocenters. The van der Waals surface area contributed by atoms with Gasteiger partial charge >= 0.3 is 0 Å². The molecule has 0 saturated heterocycles. The van der Waals surface area contributed by atoms with Gasteiger partial charge in [0.25, 0.3) is 0 Å². The van der Waals surface area contributed by atoms with Gasteiger partial charge in [0.15, 0.2) is 0 Å². The van der Waals surface area contributed by atoms with E-state index in [2.05, 4.69) is 16.3 Å². The molecule has 1 aromatic heterocycles. The van der Waals surface area contributed by atoms with Crippen LogP contribution in [0.5, 0.6) is 5.75 Å². The number of H-pyrrole nitrogens is 1. The van der Waals surface area contributed by atoms with Crippen molar-refractivity contribution in [2.75, 3.05) is 0 Å². The Morgan fingerprint density at radius 2 is 2.11 bits per heavy atom. The molecule has 0 spiro atoms. The molecule has 0 bridgehead atoms. The Bertz CT molecular complexity index is 532. The van der Waals surface area contributed by atoms with Gasteiger partial charge in [-0.2, -0.15) is 5.10 Å². The monoisotopic (exact) mass is 245 g/mol. The van der Waals surface area contributed by atoms with E-state index in [1.54, 1.807) is 0 Å². The number of rotatable bonds is 4. The Labute approximate surface area is 107 Å². The number of aromatic nitrogens is 2. The summed E-state index contributed by atoms with van der Waals surface area (Å²) < 4.78 is 5.71. The van der Waals surface area contributed by atoms with Gasteiger partial charge in [-0.15, -0.1) is 0 Å². The van der Waals surface area contributed by atoms with E-state index >= 15 is 0 Å². The van der Waals surface area contributed by atoms with Crippen LogP contribution in [-0.2, 0) is 6.54 Å². The lowest BCUT2D eigenvalue weighted by molar-refractivity contribution is 0.241. The molecular formula is C14H19N3O. The second-order valence-corrected chi connectivity index (χ2v) is 4.63. The molecule has 0 aliphatic heterocycles. The predicted molar refractivity (Wildman–Crippen MR) is 72.4 cm³/mol. The summed E-state index contributed by atoms with van der Waals surface area (Å²) in [4.78, 5) is 0. The van der Waals surface area contributed by atoms with Gasteiger partial charge in [0.1, 0.15) is 5.75 Å². The molecule has 96 valence electrons. The van der Waals surface area contributed by atoms with E-state index < -0.39 is 0 Å². The van der Waals surface area contributed by atoms with Crippen LogP contribution >= 0.6 is 0 Å². The van der Waals surface area contributed by atoms with Gasteiger partial charge in [-0.3, -0.25) is 5.10 Å². The van der Waals surface area contributed by atoms with Gasteiger partial charge in [-0.25, -0.2) is 0 Å². The Morgan fingerprint density at radius 1 is 1.33 bits per heavy atom. The predicted octanol–water partition coefficient (Wildman–Crippen LogP) is 2.63. The Morgan fingerprint density at radius 3 is 2.67 bits per heavy atom. The van der Waals surface area contributed by atoms with Crippen molar-refractivity contribution < 1.29 is 4.74 Å². The lowest BCUT2D eigenvalue weighted by atomic mass is 10.1. The molecule has 0 saturated carbocycles. The summed E-state index contributed by atoms with van der Waals surface area (Å²) in [7, 11) is 0. The number of benzene rings is 1. The second kappa shape index (κ2) is 5.23. The second-order valence-electron chi connectivity index (χ2n) is 4.63. The van der Waals surface area contributed by atoms with Crippen molar-refractivity contribution in [3.63, 3.8) is 0 Å². The molecule has 0 radical (unpaired) electrons. The zero-order valence-electron chi connectivity index (χ0n) is 11.0. The van der Waals surface area contributed by atoms with Gasteiger partial charge in [0, 0.05) is 17.8 Å². The smallest absolute Gasteiger partial charge is 0.122 e. The van der Waals surface area contributed by atoms with E-state index in [-0.39, 0.29) is 6.10 Å². The quantitative estimate of drug-likeness (QED) is 0.870. The van der Waals surface area contributed by atoms with Gasteiger partial charge in [0.05, 0.1) is 11.8 Å². The maximum atomic E-state index is 5.71. The van der Waals surface area contributed by atoms with Crippen molar-refractivity contribution in [3.8, 4) is 17.0 Å². The summed E-state index contributed by atoms with van der Waals surface area (Å²) in [5.74, 6) is 0.920. The van der Waals surface area contributed by atoms with Crippen LogP contribution in [0.15, 0.2) is 24.3 Å². The highest BCUT2D eigenvalue weighted by molar-refractivity contribution is 5.62. The number of aromatic amines is 1. The van der Waals surface area contributed by atoms with Gasteiger partial charge in [-0.05, 0) is 50.6 Å². The number of nitrogens with zero attached hydrogens (tertiary/aromatic N) is 1. The molecule has 0 aliphatic rings. The highest BCUT2D eigenvalue weighted by Crippen LogP contribution is 2.26. The van der Waals surface area contributed by atoms with Crippen molar-refractivity contribution in [1.82, 2.24) is 10.2 Å². The van der Waals surface area contributed by atoms with Crippen molar-refractivity contribution in [2.24, 2.45) is 5.73 Å². The van der Waals surface area contributed by atoms with Crippen molar-refractivity contribution in [1.29, 1.82) is 0 Å². The van der Waals surface area contributed by atoms with Gasteiger partial charge < -0.3 is 10.5 Å². The first-order chi connectivity index (χ1) is 8.60. The SMILES string of the molecule is Cc1cc(-c2cc(CN)[nH]n2)ccc1OC(C)C. The van der Waals surface area contributed by atoms with Crippen LogP contribution in [-0.4, -0.2) is 16.3 Å². The molecule has 2 aromatic rings. The first-order valence-corrected chi connectivity index (χ1v) is 6.12. The first-order valence-electron chi connectivity index (χ1n) is 6.12. The molecule has 3 N–H and O–H groups in total.